The molecular formula is C12H12BrN3O3S2. The number of hydrogen-bond donors (Lipinski definition) is 2. The maximum Gasteiger partial charge on any atom is 0.267 e. The lowest BCUT2D eigenvalue weighted by atomic mass is 10.3. The zero-order chi connectivity index (χ0) is 15.8. The Balaban J connectivity index is 2.28. The Morgan fingerprint density at radius 2 is 2.05 bits per heavy atom. The van der Waals surface area contributed by atoms with Crippen molar-refractivity contribution in [1.29, 1.82) is 0 Å². The normalized spacial score (nSPS) is 11.4. The van der Waals surface area contributed by atoms with Gasteiger partial charge in [-0.3, -0.25) is 4.79 Å². The van der Waals surface area contributed by atoms with Crippen molar-refractivity contribution in [3.63, 3.8) is 0 Å². The van der Waals surface area contributed by atoms with E-state index < -0.39 is 10.0 Å². The number of carbonyl (C=O) groups excluding carboxylic acids is 1. The number of nitrogens with one attached hydrogen (secondary N) is 1. The second-order valence-electron chi connectivity index (χ2n) is 4.29. The van der Waals surface area contributed by atoms with Gasteiger partial charge in [0.05, 0.1) is 21.3 Å². The van der Waals surface area contributed by atoms with E-state index in [0.717, 1.165) is 5.01 Å². The number of nitrogens with two attached hydrogens (primary N) is 1. The summed E-state index contributed by atoms with van der Waals surface area (Å²) < 4.78 is 22.9. The number of rotatable bonds is 3. The van der Waals surface area contributed by atoms with Gasteiger partial charge < -0.3 is 5.32 Å². The van der Waals surface area contributed by atoms with Crippen molar-refractivity contribution in [3.05, 3.63) is 38.3 Å². The Morgan fingerprint density at radius 3 is 2.52 bits per heavy atom. The van der Waals surface area contributed by atoms with E-state index in [1.807, 2.05) is 6.92 Å². The molecule has 3 N–H and O–H groups in total. The molecule has 1 heterocycles. The number of nitrogens with zero attached hydrogens (tertiary/aromatic N) is 1. The number of sulfonamides is 1. The molecule has 0 saturated heterocycles. The molecule has 0 aliphatic heterocycles. The average Bonchev–Trinajstić information content (AvgIpc) is 2.69. The highest BCUT2D eigenvalue weighted by Gasteiger charge is 2.16. The molecule has 0 radical (unpaired) electrons. The Kier molecular flexibility index (Phi) is 4.47. The number of halogens is 1. The first-order valence-electron chi connectivity index (χ1n) is 5.76. The predicted octanol–water partition coefficient (Wildman–Crippen LogP) is 2.42. The van der Waals surface area contributed by atoms with Crippen LogP contribution in [0.2, 0.25) is 0 Å². The molecule has 2 rings (SSSR count). The van der Waals surface area contributed by atoms with E-state index in [2.05, 4.69) is 26.2 Å². The molecule has 112 valence electrons. The molecule has 2 aromatic rings. The minimum absolute atomic E-state index is 0.0304. The van der Waals surface area contributed by atoms with Gasteiger partial charge in [-0.05, 0) is 48.0 Å². The van der Waals surface area contributed by atoms with Crippen LogP contribution in [0, 0.1) is 13.8 Å². The fraction of sp³-hybridized carbons (Fsp3) is 0.167. The monoisotopic (exact) mass is 389 g/mol. The van der Waals surface area contributed by atoms with Crippen LogP contribution in [0.3, 0.4) is 0 Å². The van der Waals surface area contributed by atoms with Gasteiger partial charge in [-0.25, -0.2) is 18.5 Å². The Labute approximate surface area is 134 Å². The number of hydrogen-bond acceptors (Lipinski definition) is 5. The lowest BCUT2D eigenvalue weighted by molar-refractivity contribution is 0.102. The van der Waals surface area contributed by atoms with Gasteiger partial charge >= 0.3 is 0 Å². The number of anilines is 1. The highest BCUT2D eigenvalue weighted by atomic mass is 79.9. The Bertz CT molecular complexity index is 815. The highest BCUT2D eigenvalue weighted by molar-refractivity contribution is 9.10. The molecule has 1 amide bonds. The number of aromatic nitrogens is 1. The topological polar surface area (TPSA) is 102 Å². The molecule has 1 aromatic carbocycles. The van der Waals surface area contributed by atoms with Crippen molar-refractivity contribution in [3.8, 4) is 0 Å². The van der Waals surface area contributed by atoms with Gasteiger partial charge in [-0.2, -0.15) is 0 Å². The van der Waals surface area contributed by atoms with E-state index in [1.165, 1.54) is 29.5 Å². The van der Waals surface area contributed by atoms with Gasteiger partial charge in [0, 0.05) is 4.47 Å². The first-order chi connectivity index (χ1) is 9.68. The largest absolute Gasteiger partial charge is 0.320 e. The molecule has 0 saturated carbocycles. The van der Waals surface area contributed by atoms with E-state index in [-0.39, 0.29) is 10.8 Å². The molecule has 0 atom stereocenters. The Hall–Kier alpha value is -1.29. The molecule has 21 heavy (non-hydrogen) atoms. The number of thiazole rings is 1. The van der Waals surface area contributed by atoms with E-state index in [4.69, 9.17) is 5.14 Å². The van der Waals surface area contributed by atoms with Crippen LogP contribution >= 0.6 is 27.3 Å². The van der Waals surface area contributed by atoms with Crippen LogP contribution in [0.4, 0.5) is 5.69 Å². The minimum atomic E-state index is -3.78. The molecule has 0 aliphatic carbocycles. The summed E-state index contributed by atoms with van der Waals surface area (Å²) in [6.07, 6.45) is 0. The maximum atomic E-state index is 12.2. The molecule has 0 spiro atoms. The molecule has 0 aliphatic rings. The molecule has 1 aromatic heterocycles. The smallest absolute Gasteiger partial charge is 0.267 e. The van der Waals surface area contributed by atoms with Gasteiger partial charge in [-0.15, -0.1) is 11.3 Å². The van der Waals surface area contributed by atoms with Crippen LogP contribution in [0.1, 0.15) is 20.4 Å². The molecule has 9 heteroatoms. The van der Waals surface area contributed by atoms with Crippen molar-refractivity contribution in [1.82, 2.24) is 4.98 Å². The minimum Gasteiger partial charge on any atom is -0.320 e. The van der Waals surface area contributed by atoms with E-state index in [0.29, 0.717) is 20.7 Å². The van der Waals surface area contributed by atoms with Gasteiger partial charge in [0.25, 0.3) is 5.91 Å². The predicted molar refractivity (Wildman–Crippen MR) is 85.1 cm³/mol. The SMILES string of the molecule is Cc1nc(C)c(C(=O)Nc2ccc(S(N)(=O)=O)cc2Br)s1. The zero-order valence-electron chi connectivity index (χ0n) is 11.2. The summed E-state index contributed by atoms with van der Waals surface area (Å²) in [6, 6.07) is 4.15. The van der Waals surface area contributed by atoms with Crippen molar-refractivity contribution in [2.45, 2.75) is 18.7 Å². The van der Waals surface area contributed by atoms with Crippen molar-refractivity contribution in [2.24, 2.45) is 5.14 Å². The van der Waals surface area contributed by atoms with Crippen LogP contribution in [-0.4, -0.2) is 19.3 Å². The fourth-order valence-corrected chi connectivity index (χ4v) is 3.68. The van der Waals surface area contributed by atoms with Gasteiger partial charge in [0.15, 0.2) is 0 Å². The third kappa shape index (κ3) is 3.67. The summed E-state index contributed by atoms with van der Waals surface area (Å²) >= 11 is 4.52. The second kappa shape index (κ2) is 5.84. The summed E-state index contributed by atoms with van der Waals surface area (Å²) in [6.45, 7) is 3.59. The lowest BCUT2D eigenvalue weighted by Crippen LogP contribution is -2.14. The molecule has 0 fully saturated rings. The van der Waals surface area contributed by atoms with Crippen molar-refractivity contribution in [2.75, 3.05) is 5.32 Å². The third-order valence-corrected chi connectivity index (χ3v) is 5.27. The van der Waals surface area contributed by atoms with Crippen LogP contribution in [0.15, 0.2) is 27.6 Å². The zero-order valence-corrected chi connectivity index (χ0v) is 14.4. The second-order valence-corrected chi connectivity index (χ2v) is 7.91. The first-order valence-corrected chi connectivity index (χ1v) is 8.92. The number of carbonyl (C=O) groups is 1. The third-order valence-electron chi connectivity index (χ3n) is 2.63. The molecule has 6 nitrogen and oxygen atoms in total. The number of benzene rings is 1. The van der Waals surface area contributed by atoms with Crippen LogP contribution < -0.4 is 10.5 Å². The lowest BCUT2D eigenvalue weighted by Gasteiger charge is -2.08. The summed E-state index contributed by atoms with van der Waals surface area (Å²) in [7, 11) is -3.78. The molecule has 0 unspecified atom stereocenters. The van der Waals surface area contributed by atoms with Crippen LogP contribution in [0.5, 0.6) is 0 Å². The highest BCUT2D eigenvalue weighted by Crippen LogP contribution is 2.27. The summed E-state index contributed by atoms with van der Waals surface area (Å²) in [5, 5.41) is 8.56. The molecule has 0 bridgehead atoms. The maximum absolute atomic E-state index is 12.2. The van der Waals surface area contributed by atoms with Gasteiger partial charge in [-0.1, -0.05) is 0 Å². The standard InChI is InChI=1S/C12H12BrN3O3S2/c1-6-11(20-7(2)15-6)12(17)16-10-4-3-8(5-9(10)13)21(14,18)19/h3-5H,1-2H3,(H,16,17)(H2,14,18,19). The number of amides is 1. The number of aryl methyl sites for hydroxylation is 2. The van der Waals surface area contributed by atoms with Gasteiger partial charge in [0.1, 0.15) is 4.88 Å². The van der Waals surface area contributed by atoms with Gasteiger partial charge in [0.2, 0.25) is 10.0 Å². The molecular weight excluding hydrogens is 378 g/mol. The summed E-state index contributed by atoms with van der Waals surface area (Å²) in [5.41, 5.74) is 1.12. The average molecular weight is 390 g/mol. The first kappa shape index (κ1) is 16.1. The summed E-state index contributed by atoms with van der Waals surface area (Å²) in [4.78, 5) is 16.9. The van der Waals surface area contributed by atoms with E-state index in [1.54, 1.807) is 6.92 Å². The van der Waals surface area contributed by atoms with Crippen LogP contribution in [0.25, 0.3) is 0 Å². The van der Waals surface area contributed by atoms with Crippen molar-refractivity contribution >= 4 is 48.9 Å². The summed E-state index contributed by atoms with van der Waals surface area (Å²) in [5.74, 6) is -0.290. The van der Waals surface area contributed by atoms with E-state index in [9.17, 15) is 13.2 Å². The fourth-order valence-electron chi connectivity index (χ4n) is 1.70. The quantitative estimate of drug-likeness (QED) is 0.840. The van der Waals surface area contributed by atoms with Crippen LogP contribution in [-0.2, 0) is 10.0 Å². The number of primary sulfonamides is 1. The Morgan fingerprint density at radius 1 is 1.38 bits per heavy atom. The van der Waals surface area contributed by atoms with E-state index >= 15 is 0 Å². The van der Waals surface area contributed by atoms with Crippen molar-refractivity contribution < 1.29 is 13.2 Å².